The second-order valence-corrected chi connectivity index (χ2v) is 6.77. The molecule has 1 aliphatic rings. The van der Waals surface area contributed by atoms with Gasteiger partial charge < -0.3 is 19.3 Å². The summed E-state index contributed by atoms with van der Waals surface area (Å²) < 4.78 is 7.21. The molecule has 1 saturated carbocycles. The Hall–Kier alpha value is -3.23. The number of hydrogen-bond donors (Lipinski definition) is 1. The number of aromatic nitrogens is 5. The highest BCUT2D eigenvalue weighted by Crippen LogP contribution is 2.40. The van der Waals surface area contributed by atoms with Crippen LogP contribution >= 0.6 is 0 Å². The van der Waals surface area contributed by atoms with E-state index in [0.717, 1.165) is 24.2 Å². The molecule has 3 aromatic rings. The van der Waals surface area contributed by atoms with Crippen LogP contribution in [0.2, 0.25) is 0 Å². The van der Waals surface area contributed by atoms with Crippen molar-refractivity contribution < 1.29 is 9.32 Å². The minimum Gasteiger partial charge on any atom is -0.337 e. The molecule has 0 aromatic carbocycles. The van der Waals surface area contributed by atoms with Crippen LogP contribution in [0.5, 0.6) is 0 Å². The molecule has 4 rings (SSSR count). The second-order valence-electron chi connectivity index (χ2n) is 6.77. The molecule has 0 saturated heterocycles. The summed E-state index contributed by atoms with van der Waals surface area (Å²) >= 11 is 0. The standard InChI is InChI=1S/C18H21N7O2/c1-24-9-8-20-17(24)15(12-5-6-12)22-18(26)25(2)11-14-21-16(23-27-14)13-4-3-7-19-10-13/h3-4,7-10,12,15H,5-6,11H2,1-2H3,(H,22,26). The van der Waals surface area contributed by atoms with Crippen molar-refractivity contribution in [2.24, 2.45) is 13.0 Å². The molecule has 1 aliphatic carbocycles. The molecule has 9 heteroatoms. The molecule has 3 aromatic heterocycles. The van der Waals surface area contributed by atoms with Crippen molar-refractivity contribution in [2.45, 2.75) is 25.4 Å². The molecule has 3 heterocycles. The SMILES string of the molecule is CN(Cc1nc(-c2cccnc2)no1)C(=O)NC(c1nccn1C)C1CC1. The zero-order valence-corrected chi connectivity index (χ0v) is 15.2. The Bertz CT molecular complexity index is 917. The van der Waals surface area contributed by atoms with Crippen LogP contribution in [0.3, 0.4) is 0 Å². The Balaban J connectivity index is 1.41. The van der Waals surface area contributed by atoms with E-state index in [1.165, 1.54) is 4.90 Å². The number of hydrogen-bond acceptors (Lipinski definition) is 6. The minimum atomic E-state index is -0.198. The lowest BCUT2D eigenvalue weighted by Crippen LogP contribution is -2.40. The lowest BCUT2D eigenvalue weighted by molar-refractivity contribution is 0.193. The lowest BCUT2D eigenvalue weighted by atomic mass is 10.1. The molecular weight excluding hydrogens is 346 g/mol. The lowest BCUT2D eigenvalue weighted by Gasteiger charge is -2.22. The number of rotatable bonds is 6. The van der Waals surface area contributed by atoms with Gasteiger partial charge in [0, 0.05) is 44.4 Å². The third-order valence-corrected chi connectivity index (χ3v) is 4.62. The Labute approximate surface area is 156 Å². The molecule has 1 unspecified atom stereocenters. The second kappa shape index (κ2) is 7.18. The molecule has 27 heavy (non-hydrogen) atoms. The normalized spacial score (nSPS) is 14.7. The summed E-state index contributed by atoms with van der Waals surface area (Å²) in [6.45, 7) is 0.219. The fraction of sp³-hybridized carbons (Fsp3) is 0.389. The molecule has 0 spiro atoms. The Morgan fingerprint density at radius 3 is 2.96 bits per heavy atom. The van der Waals surface area contributed by atoms with Crippen molar-refractivity contribution in [3.05, 3.63) is 48.6 Å². The van der Waals surface area contributed by atoms with Crippen molar-refractivity contribution in [3.8, 4) is 11.4 Å². The predicted molar refractivity (Wildman–Crippen MR) is 96.2 cm³/mol. The highest BCUT2D eigenvalue weighted by molar-refractivity contribution is 5.74. The van der Waals surface area contributed by atoms with Gasteiger partial charge in [-0.25, -0.2) is 9.78 Å². The fourth-order valence-corrected chi connectivity index (χ4v) is 2.95. The number of imidazole rings is 1. The van der Waals surface area contributed by atoms with E-state index >= 15 is 0 Å². The van der Waals surface area contributed by atoms with Crippen molar-refractivity contribution >= 4 is 6.03 Å². The molecule has 1 atom stereocenters. The van der Waals surface area contributed by atoms with Crippen LogP contribution in [-0.2, 0) is 13.6 Å². The maximum absolute atomic E-state index is 12.7. The molecule has 1 N–H and O–H groups in total. The van der Waals surface area contributed by atoms with Gasteiger partial charge in [-0.15, -0.1) is 0 Å². The molecule has 0 aliphatic heterocycles. The zero-order chi connectivity index (χ0) is 18.8. The van der Waals surface area contributed by atoms with Crippen LogP contribution in [0, 0.1) is 5.92 Å². The van der Waals surface area contributed by atoms with Crippen molar-refractivity contribution in [3.63, 3.8) is 0 Å². The number of nitrogens with zero attached hydrogens (tertiary/aromatic N) is 6. The number of carbonyl (C=O) groups is 1. The molecular formula is C18H21N7O2. The Morgan fingerprint density at radius 1 is 1.44 bits per heavy atom. The van der Waals surface area contributed by atoms with Gasteiger partial charge in [-0.2, -0.15) is 4.98 Å². The summed E-state index contributed by atoms with van der Waals surface area (Å²) in [6.07, 6.45) is 9.18. The van der Waals surface area contributed by atoms with E-state index in [-0.39, 0.29) is 18.6 Å². The number of pyridine rings is 1. The third-order valence-electron chi connectivity index (χ3n) is 4.62. The van der Waals surface area contributed by atoms with Crippen LogP contribution < -0.4 is 5.32 Å². The Kier molecular flexibility index (Phi) is 4.57. The number of nitrogens with one attached hydrogen (secondary N) is 1. The maximum Gasteiger partial charge on any atom is 0.318 e. The molecule has 2 amide bonds. The van der Waals surface area contributed by atoms with Gasteiger partial charge in [-0.1, -0.05) is 5.16 Å². The molecule has 140 valence electrons. The van der Waals surface area contributed by atoms with Crippen LogP contribution in [0.4, 0.5) is 4.79 Å². The smallest absolute Gasteiger partial charge is 0.318 e. The van der Waals surface area contributed by atoms with Gasteiger partial charge in [-0.05, 0) is 30.9 Å². The molecule has 1 fully saturated rings. The first-order valence-electron chi connectivity index (χ1n) is 8.83. The molecule has 0 bridgehead atoms. The van der Waals surface area contributed by atoms with Crippen LogP contribution in [0.15, 0.2) is 41.4 Å². The van der Waals surface area contributed by atoms with Crippen molar-refractivity contribution in [1.29, 1.82) is 0 Å². The van der Waals surface area contributed by atoms with E-state index in [2.05, 4.69) is 25.4 Å². The number of aryl methyl sites for hydroxylation is 1. The largest absolute Gasteiger partial charge is 0.337 e. The summed E-state index contributed by atoms with van der Waals surface area (Å²) in [5, 5.41) is 7.04. The van der Waals surface area contributed by atoms with Gasteiger partial charge in [0.15, 0.2) is 0 Å². The van der Waals surface area contributed by atoms with E-state index in [9.17, 15) is 4.79 Å². The van der Waals surface area contributed by atoms with Gasteiger partial charge in [0.25, 0.3) is 0 Å². The number of carbonyl (C=O) groups excluding carboxylic acids is 1. The third kappa shape index (κ3) is 3.81. The first kappa shape index (κ1) is 17.2. The minimum absolute atomic E-state index is 0.0893. The summed E-state index contributed by atoms with van der Waals surface area (Å²) in [7, 11) is 3.64. The first-order valence-corrected chi connectivity index (χ1v) is 8.83. The van der Waals surface area contributed by atoms with Crippen LogP contribution in [-0.4, -0.2) is 42.7 Å². The van der Waals surface area contributed by atoms with E-state index in [1.54, 1.807) is 31.7 Å². The van der Waals surface area contributed by atoms with E-state index in [1.807, 2.05) is 23.9 Å². The Morgan fingerprint density at radius 2 is 2.30 bits per heavy atom. The number of amides is 2. The number of urea groups is 1. The van der Waals surface area contributed by atoms with Crippen molar-refractivity contribution in [1.82, 2.24) is 34.9 Å². The highest BCUT2D eigenvalue weighted by atomic mass is 16.5. The molecule has 9 nitrogen and oxygen atoms in total. The van der Waals surface area contributed by atoms with E-state index in [4.69, 9.17) is 4.52 Å². The summed E-state index contributed by atoms with van der Waals surface area (Å²) in [4.78, 5) is 27.0. The topological polar surface area (TPSA) is 102 Å². The first-order chi connectivity index (χ1) is 13.1. The fourth-order valence-electron chi connectivity index (χ4n) is 2.95. The zero-order valence-electron chi connectivity index (χ0n) is 15.2. The van der Waals surface area contributed by atoms with Gasteiger partial charge in [0.1, 0.15) is 12.4 Å². The van der Waals surface area contributed by atoms with Gasteiger partial charge in [-0.3, -0.25) is 4.98 Å². The maximum atomic E-state index is 12.7. The van der Waals surface area contributed by atoms with Crippen LogP contribution in [0.1, 0.15) is 30.6 Å². The monoisotopic (exact) mass is 367 g/mol. The van der Waals surface area contributed by atoms with Gasteiger partial charge in [0.2, 0.25) is 11.7 Å². The summed E-state index contributed by atoms with van der Waals surface area (Å²) in [5.41, 5.74) is 0.767. The van der Waals surface area contributed by atoms with Crippen LogP contribution in [0.25, 0.3) is 11.4 Å². The van der Waals surface area contributed by atoms with E-state index < -0.39 is 0 Å². The van der Waals surface area contributed by atoms with Gasteiger partial charge >= 0.3 is 6.03 Å². The average Bonchev–Trinajstić information content (AvgIpc) is 3.27. The van der Waals surface area contributed by atoms with Crippen molar-refractivity contribution in [2.75, 3.05) is 7.05 Å². The molecule has 0 radical (unpaired) electrons. The average molecular weight is 367 g/mol. The summed E-state index contributed by atoms with van der Waals surface area (Å²) in [5.74, 6) is 2.13. The summed E-state index contributed by atoms with van der Waals surface area (Å²) in [6, 6.07) is 3.37. The quantitative estimate of drug-likeness (QED) is 0.716. The van der Waals surface area contributed by atoms with E-state index in [0.29, 0.717) is 17.6 Å². The predicted octanol–water partition coefficient (Wildman–Crippen LogP) is 2.16. The van der Waals surface area contributed by atoms with Gasteiger partial charge in [0.05, 0.1) is 6.04 Å². The highest BCUT2D eigenvalue weighted by Gasteiger charge is 2.36.